The summed E-state index contributed by atoms with van der Waals surface area (Å²) in [6, 6.07) is 5.02. The summed E-state index contributed by atoms with van der Waals surface area (Å²) in [5.41, 5.74) is 0.167. The quantitative estimate of drug-likeness (QED) is 0.618. The van der Waals surface area contributed by atoms with Gasteiger partial charge in [0.25, 0.3) is 0 Å². The maximum absolute atomic E-state index is 10.3. The monoisotopic (exact) mass is 312 g/mol. The summed E-state index contributed by atoms with van der Waals surface area (Å²) in [5, 5.41) is 16.9. The first kappa shape index (κ1) is 22.1. The third kappa shape index (κ3) is 10.6. The van der Waals surface area contributed by atoms with Crippen molar-refractivity contribution in [2.75, 3.05) is 13.2 Å². The van der Waals surface area contributed by atoms with E-state index in [-0.39, 0.29) is 17.4 Å². The average Bonchev–Trinajstić information content (AvgIpc) is 2.50. The second kappa shape index (κ2) is 13.8. The Morgan fingerprint density at radius 3 is 1.41 bits per heavy atom. The summed E-state index contributed by atoms with van der Waals surface area (Å²) in [4.78, 5) is 20.7. The van der Waals surface area contributed by atoms with Gasteiger partial charge in [0, 0.05) is 13.2 Å². The minimum Gasteiger partial charge on any atom is -0.478 e. The Kier molecular flexibility index (Phi) is 13.9. The molecule has 1 aromatic rings. The second-order valence-electron chi connectivity index (χ2n) is 3.67. The summed E-state index contributed by atoms with van der Waals surface area (Å²) in [7, 11) is 0. The maximum atomic E-state index is 10.3. The molecule has 6 heteroatoms. The fraction of sp³-hybridized carbons (Fsp3) is 0.375. The van der Waals surface area contributed by atoms with Gasteiger partial charge in [-0.05, 0) is 45.0 Å². The van der Waals surface area contributed by atoms with E-state index in [0.29, 0.717) is 0 Å². The highest BCUT2D eigenvalue weighted by atomic mass is 16.7. The summed E-state index contributed by atoms with van der Waals surface area (Å²) in [6.45, 7) is 13.3. The molecule has 0 aliphatic heterocycles. The lowest BCUT2D eigenvalue weighted by Crippen LogP contribution is -2.11. The van der Waals surface area contributed by atoms with Crippen LogP contribution in [0.2, 0.25) is 0 Å². The molecule has 0 aliphatic carbocycles. The number of benzene rings is 1. The summed E-state index contributed by atoms with van der Waals surface area (Å²) in [5.74, 6) is -2.13. The van der Waals surface area contributed by atoms with Gasteiger partial charge < -0.3 is 19.7 Å². The first-order valence-electron chi connectivity index (χ1n) is 6.72. The molecule has 0 radical (unpaired) electrons. The molecule has 0 bridgehead atoms. The van der Waals surface area contributed by atoms with Crippen molar-refractivity contribution in [2.24, 2.45) is 0 Å². The van der Waals surface area contributed by atoms with E-state index in [0.717, 1.165) is 13.2 Å². The molecule has 0 unspecified atom stereocenters. The Morgan fingerprint density at radius 1 is 0.955 bits per heavy atom. The number of carboxylic acids is 2. The van der Waals surface area contributed by atoms with Crippen LogP contribution in [0.3, 0.4) is 0 Å². The highest BCUT2D eigenvalue weighted by molar-refractivity contribution is 5.91. The highest BCUT2D eigenvalue weighted by Crippen LogP contribution is 2.03. The van der Waals surface area contributed by atoms with E-state index < -0.39 is 11.9 Å². The van der Waals surface area contributed by atoms with Gasteiger partial charge in [0.2, 0.25) is 0 Å². The Labute approximate surface area is 131 Å². The van der Waals surface area contributed by atoms with Gasteiger partial charge in [-0.2, -0.15) is 0 Å². The van der Waals surface area contributed by atoms with E-state index in [1.54, 1.807) is 0 Å². The number of ether oxygens (including phenoxy) is 2. The van der Waals surface area contributed by atoms with Crippen LogP contribution in [0.1, 0.15) is 41.5 Å². The topological polar surface area (TPSA) is 93.1 Å². The van der Waals surface area contributed by atoms with Crippen molar-refractivity contribution in [1.82, 2.24) is 0 Å². The molecule has 0 aromatic heterocycles. The van der Waals surface area contributed by atoms with Crippen molar-refractivity contribution in [3.8, 4) is 0 Å². The Bertz CT molecular complexity index is 388. The zero-order valence-corrected chi connectivity index (χ0v) is 13.2. The molecule has 6 nitrogen and oxygen atoms in total. The van der Waals surface area contributed by atoms with Crippen molar-refractivity contribution in [1.29, 1.82) is 0 Å². The van der Waals surface area contributed by atoms with Gasteiger partial charge >= 0.3 is 11.9 Å². The van der Waals surface area contributed by atoms with Crippen LogP contribution >= 0.6 is 0 Å². The molecular weight excluding hydrogens is 288 g/mol. The van der Waals surface area contributed by atoms with E-state index in [4.69, 9.17) is 19.7 Å². The summed E-state index contributed by atoms with van der Waals surface area (Å²) in [6.07, 6.45) is -0.0370. The summed E-state index contributed by atoms with van der Waals surface area (Å²) < 4.78 is 10.1. The van der Waals surface area contributed by atoms with Crippen LogP contribution in [-0.4, -0.2) is 41.7 Å². The number of aromatic carboxylic acids is 2. The van der Waals surface area contributed by atoms with Crippen molar-refractivity contribution < 1.29 is 29.3 Å². The van der Waals surface area contributed by atoms with Crippen molar-refractivity contribution >= 4 is 11.9 Å². The SMILES string of the molecule is C=C.CCOC(C)OCC.O=C(O)c1ccc(C(=O)O)cc1. The second-order valence-corrected chi connectivity index (χ2v) is 3.67. The van der Waals surface area contributed by atoms with E-state index in [1.165, 1.54) is 24.3 Å². The first-order valence-corrected chi connectivity index (χ1v) is 6.72. The minimum atomic E-state index is -1.06. The van der Waals surface area contributed by atoms with Gasteiger partial charge in [0.15, 0.2) is 6.29 Å². The molecule has 0 fully saturated rings. The molecule has 1 rings (SSSR count). The molecule has 0 saturated heterocycles. The first-order chi connectivity index (χ1) is 10.4. The Balaban J connectivity index is 0. The van der Waals surface area contributed by atoms with Crippen molar-refractivity contribution in [3.05, 3.63) is 48.6 Å². The van der Waals surface area contributed by atoms with Gasteiger partial charge in [-0.3, -0.25) is 0 Å². The van der Waals surface area contributed by atoms with Crippen LogP contribution < -0.4 is 0 Å². The molecule has 0 spiro atoms. The molecule has 0 saturated carbocycles. The lowest BCUT2D eigenvalue weighted by molar-refractivity contribution is -0.123. The van der Waals surface area contributed by atoms with Gasteiger partial charge in [-0.15, -0.1) is 13.2 Å². The number of hydrogen-bond acceptors (Lipinski definition) is 4. The van der Waals surface area contributed by atoms with E-state index in [2.05, 4.69) is 13.2 Å². The smallest absolute Gasteiger partial charge is 0.335 e. The molecule has 22 heavy (non-hydrogen) atoms. The van der Waals surface area contributed by atoms with E-state index >= 15 is 0 Å². The molecule has 1 aromatic carbocycles. The average molecular weight is 312 g/mol. The third-order valence-electron chi connectivity index (χ3n) is 2.18. The largest absolute Gasteiger partial charge is 0.478 e. The van der Waals surface area contributed by atoms with Crippen LogP contribution in [0, 0.1) is 0 Å². The molecular formula is C16H24O6. The third-order valence-corrected chi connectivity index (χ3v) is 2.18. The minimum absolute atomic E-state index is 0.0370. The lowest BCUT2D eigenvalue weighted by Gasteiger charge is -2.09. The standard InChI is InChI=1S/C8H6O4.C6H14O2.C2H4/c9-7(10)5-1-2-6(4-3-5)8(11)12;1-4-7-6(3)8-5-2;1-2/h1-4H,(H,9,10)(H,11,12);6H,4-5H2,1-3H3;1-2H2. The Morgan fingerprint density at radius 2 is 1.23 bits per heavy atom. The number of carbonyl (C=O) groups is 2. The number of rotatable bonds is 6. The van der Waals surface area contributed by atoms with Gasteiger partial charge in [-0.1, -0.05) is 0 Å². The molecule has 124 valence electrons. The fourth-order valence-electron chi connectivity index (χ4n) is 1.27. The highest BCUT2D eigenvalue weighted by Gasteiger charge is 2.04. The molecule has 0 heterocycles. The number of carboxylic acid groups (broad SMARTS) is 2. The molecule has 0 aliphatic rings. The van der Waals surface area contributed by atoms with E-state index in [9.17, 15) is 9.59 Å². The van der Waals surface area contributed by atoms with Crippen LogP contribution in [0.25, 0.3) is 0 Å². The van der Waals surface area contributed by atoms with Gasteiger partial charge in [0.1, 0.15) is 0 Å². The summed E-state index contributed by atoms with van der Waals surface area (Å²) >= 11 is 0. The predicted octanol–water partition coefficient (Wildman–Crippen LogP) is 3.29. The normalized spacial score (nSPS) is 9.09. The maximum Gasteiger partial charge on any atom is 0.335 e. The van der Waals surface area contributed by atoms with Gasteiger partial charge in [-0.25, -0.2) is 9.59 Å². The lowest BCUT2D eigenvalue weighted by atomic mass is 10.1. The van der Waals surface area contributed by atoms with Crippen LogP contribution in [0.15, 0.2) is 37.4 Å². The van der Waals surface area contributed by atoms with Crippen molar-refractivity contribution in [2.45, 2.75) is 27.1 Å². The zero-order valence-electron chi connectivity index (χ0n) is 13.2. The Hall–Kier alpha value is -2.18. The molecule has 2 N–H and O–H groups in total. The van der Waals surface area contributed by atoms with Crippen LogP contribution in [0.4, 0.5) is 0 Å². The van der Waals surface area contributed by atoms with E-state index in [1.807, 2.05) is 20.8 Å². The van der Waals surface area contributed by atoms with Crippen LogP contribution in [-0.2, 0) is 9.47 Å². The van der Waals surface area contributed by atoms with Crippen molar-refractivity contribution in [3.63, 3.8) is 0 Å². The van der Waals surface area contributed by atoms with Crippen LogP contribution in [0.5, 0.6) is 0 Å². The predicted molar refractivity (Wildman–Crippen MR) is 84.3 cm³/mol. The zero-order chi connectivity index (χ0) is 17.5. The van der Waals surface area contributed by atoms with Gasteiger partial charge in [0.05, 0.1) is 11.1 Å². The molecule has 0 atom stereocenters. The fourth-order valence-corrected chi connectivity index (χ4v) is 1.27. The molecule has 0 amide bonds. The number of hydrogen-bond donors (Lipinski definition) is 2.